The maximum absolute atomic E-state index is 9.27. The number of benzene rings is 1. The van der Waals surface area contributed by atoms with E-state index in [9.17, 15) is 5.26 Å². The molecule has 0 radical (unpaired) electrons. The molecule has 1 aliphatic rings. The van der Waals surface area contributed by atoms with Gasteiger partial charge in [-0.3, -0.25) is 0 Å². The van der Waals surface area contributed by atoms with Crippen molar-refractivity contribution in [2.75, 3.05) is 25.7 Å². The van der Waals surface area contributed by atoms with Crippen LogP contribution in [0.5, 0.6) is 11.5 Å². The number of aryl methyl sites for hydroxylation is 3. The largest absolute Gasteiger partial charge is 0.497 e. The van der Waals surface area contributed by atoms with Gasteiger partial charge in [0.05, 0.1) is 20.3 Å². The van der Waals surface area contributed by atoms with E-state index in [1.807, 2.05) is 30.0 Å². The maximum atomic E-state index is 9.27. The van der Waals surface area contributed by atoms with E-state index in [-0.39, 0.29) is 6.04 Å². The van der Waals surface area contributed by atoms with Crippen LogP contribution >= 0.6 is 0 Å². The fourth-order valence-electron chi connectivity index (χ4n) is 3.22. The molecule has 1 saturated heterocycles. The summed E-state index contributed by atoms with van der Waals surface area (Å²) < 4.78 is 16.6. The fourth-order valence-corrected chi connectivity index (χ4v) is 3.22. The summed E-state index contributed by atoms with van der Waals surface area (Å²) in [5, 5.41) is 9.27. The Kier molecular flexibility index (Phi) is 5.13. The Morgan fingerprint density at radius 2 is 1.96 bits per heavy atom. The third-order valence-corrected chi connectivity index (χ3v) is 4.52. The fraction of sp³-hybridized carbons (Fsp3) is 0.474. The molecular weight excluding hydrogens is 318 g/mol. The van der Waals surface area contributed by atoms with E-state index in [1.54, 1.807) is 14.2 Å². The molecule has 6 heteroatoms. The number of nitrogens with zero attached hydrogens (tertiary/aromatic N) is 3. The van der Waals surface area contributed by atoms with E-state index in [0.29, 0.717) is 12.3 Å². The van der Waals surface area contributed by atoms with Crippen molar-refractivity contribution < 1.29 is 13.9 Å². The second kappa shape index (κ2) is 7.47. The minimum atomic E-state index is -0.109. The molecule has 1 aromatic heterocycles. The lowest BCUT2D eigenvalue weighted by molar-refractivity contribution is 0.393. The molecule has 0 amide bonds. The van der Waals surface area contributed by atoms with Crippen LogP contribution < -0.4 is 14.4 Å². The molecule has 2 heterocycles. The van der Waals surface area contributed by atoms with Gasteiger partial charge < -0.3 is 18.8 Å². The standard InChI is InChI=1S/C19H23N3O3/c1-13-19(22-8-4-5-15(22)12-20)25-18(21-13)7-6-14-9-16(23-2)11-17(10-14)24-3/h9-11,15H,4-8H2,1-3H3. The van der Waals surface area contributed by atoms with Crippen LogP contribution in [0.1, 0.15) is 30.0 Å². The third-order valence-electron chi connectivity index (χ3n) is 4.52. The van der Waals surface area contributed by atoms with Crippen molar-refractivity contribution in [1.29, 1.82) is 5.26 Å². The number of methoxy groups -OCH3 is 2. The van der Waals surface area contributed by atoms with E-state index in [1.165, 1.54) is 0 Å². The monoisotopic (exact) mass is 341 g/mol. The highest BCUT2D eigenvalue weighted by molar-refractivity contribution is 5.45. The van der Waals surface area contributed by atoms with Gasteiger partial charge in [-0.1, -0.05) is 0 Å². The van der Waals surface area contributed by atoms with Crippen molar-refractivity contribution in [3.63, 3.8) is 0 Å². The lowest BCUT2D eigenvalue weighted by Gasteiger charge is -2.18. The summed E-state index contributed by atoms with van der Waals surface area (Å²) in [6, 6.07) is 8.07. The van der Waals surface area contributed by atoms with Gasteiger partial charge in [-0.15, -0.1) is 0 Å². The zero-order chi connectivity index (χ0) is 17.8. The van der Waals surface area contributed by atoms with Crippen LogP contribution in [0.4, 0.5) is 5.88 Å². The lowest BCUT2D eigenvalue weighted by atomic mass is 10.1. The molecule has 1 aliphatic heterocycles. The first kappa shape index (κ1) is 17.2. The highest BCUT2D eigenvalue weighted by Gasteiger charge is 2.28. The molecule has 0 N–H and O–H groups in total. The molecule has 0 bridgehead atoms. The van der Waals surface area contributed by atoms with Gasteiger partial charge in [0.2, 0.25) is 5.88 Å². The van der Waals surface area contributed by atoms with Crippen LogP contribution in [-0.4, -0.2) is 31.8 Å². The number of oxazole rings is 1. The molecule has 3 rings (SSSR count). The SMILES string of the molecule is COc1cc(CCc2nc(C)c(N3CCCC3C#N)o2)cc(OC)c1. The summed E-state index contributed by atoms with van der Waals surface area (Å²) in [5.41, 5.74) is 1.95. The molecule has 0 saturated carbocycles. The van der Waals surface area contributed by atoms with Crippen LogP contribution in [0, 0.1) is 18.3 Å². The number of hydrogen-bond donors (Lipinski definition) is 0. The van der Waals surface area contributed by atoms with Gasteiger partial charge >= 0.3 is 0 Å². The number of rotatable bonds is 6. The van der Waals surface area contributed by atoms with Crippen LogP contribution in [0.25, 0.3) is 0 Å². The van der Waals surface area contributed by atoms with Crippen molar-refractivity contribution in [2.45, 2.75) is 38.6 Å². The van der Waals surface area contributed by atoms with Gasteiger partial charge in [-0.05, 0) is 43.9 Å². The van der Waals surface area contributed by atoms with Crippen molar-refractivity contribution in [3.05, 3.63) is 35.3 Å². The minimum absolute atomic E-state index is 0.109. The summed E-state index contributed by atoms with van der Waals surface area (Å²) in [6.07, 6.45) is 3.35. The molecule has 25 heavy (non-hydrogen) atoms. The number of anilines is 1. The normalized spacial score (nSPS) is 16.7. The summed E-state index contributed by atoms with van der Waals surface area (Å²) in [4.78, 5) is 6.57. The van der Waals surface area contributed by atoms with E-state index in [4.69, 9.17) is 13.9 Å². The van der Waals surface area contributed by atoms with Crippen LogP contribution in [0.15, 0.2) is 22.6 Å². The Bertz CT molecular complexity index is 756. The summed E-state index contributed by atoms with van der Waals surface area (Å²) in [7, 11) is 3.29. The Balaban J connectivity index is 1.72. The number of hydrogen-bond acceptors (Lipinski definition) is 6. The van der Waals surface area contributed by atoms with E-state index < -0.39 is 0 Å². The maximum Gasteiger partial charge on any atom is 0.220 e. The smallest absolute Gasteiger partial charge is 0.220 e. The van der Waals surface area contributed by atoms with Crippen molar-refractivity contribution in [3.8, 4) is 17.6 Å². The van der Waals surface area contributed by atoms with Gasteiger partial charge in [0.1, 0.15) is 23.2 Å². The van der Waals surface area contributed by atoms with Gasteiger partial charge in [0.25, 0.3) is 0 Å². The predicted molar refractivity (Wildman–Crippen MR) is 94.2 cm³/mol. The number of nitriles is 1. The van der Waals surface area contributed by atoms with Crippen molar-refractivity contribution >= 4 is 5.88 Å². The van der Waals surface area contributed by atoms with Gasteiger partial charge in [0, 0.05) is 19.0 Å². The topological polar surface area (TPSA) is 71.5 Å². The van der Waals surface area contributed by atoms with Crippen LogP contribution in [-0.2, 0) is 12.8 Å². The molecule has 1 fully saturated rings. The Labute approximate surface area is 148 Å². The Morgan fingerprint density at radius 1 is 1.24 bits per heavy atom. The number of ether oxygens (including phenoxy) is 2. The average Bonchev–Trinajstić information content (AvgIpc) is 3.25. The van der Waals surface area contributed by atoms with Crippen molar-refractivity contribution in [2.24, 2.45) is 0 Å². The summed E-state index contributed by atoms with van der Waals surface area (Å²) in [6.45, 7) is 2.78. The quantitative estimate of drug-likeness (QED) is 0.803. The molecule has 132 valence electrons. The molecule has 0 spiro atoms. The highest BCUT2D eigenvalue weighted by atomic mass is 16.5. The van der Waals surface area contributed by atoms with Crippen LogP contribution in [0.3, 0.4) is 0 Å². The molecule has 2 aromatic rings. The third kappa shape index (κ3) is 3.71. The Hall–Kier alpha value is -2.68. The lowest BCUT2D eigenvalue weighted by Crippen LogP contribution is -2.27. The number of aromatic nitrogens is 1. The second-order valence-corrected chi connectivity index (χ2v) is 6.20. The van der Waals surface area contributed by atoms with Crippen molar-refractivity contribution in [1.82, 2.24) is 4.98 Å². The molecule has 6 nitrogen and oxygen atoms in total. The van der Waals surface area contributed by atoms with E-state index in [2.05, 4.69) is 11.1 Å². The molecule has 0 aliphatic carbocycles. The summed E-state index contributed by atoms with van der Waals surface area (Å²) >= 11 is 0. The van der Waals surface area contributed by atoms with Gasteiger partial charge in [-0.2, -0.15) is 5.26 Å². The van der Waals surface area contributed by atoms with E-state index >= 15 is 0 Å². The van der Waals surface area contributed by atoms with E-state index in [0.717, 1.165) is 54.4 Å². The Morgan fingerprint density at radius 3 is 2.60 bits per heavy atom. The first-order valence-corrected chi connectivity index (χ1v) is 8.49. The molecule has 1 unspecified atom stereocenters. The zero-order valence-electron chi connectivity index (χ0n) is 14.9. The van der Waals surface area contributed by atoms with Gasteiger partial charge in [0.15, 0.2) is 5.89 Å². The molecular formula is C19H23N3O3. The molecule has 1 atom stereocenters. The highest BCUT2D eigenvalue weighted by Crippen LogP contribution is 2.30. The minimum Gasteiger partial charge on any atom is -0.497 e. The predicted octanol–water partition coefficient (Wildman–Crippen LogP) is 3.28. The average molecular weight is 341 g/mol. The first-order chi connectivity index (χ1) is 12.1. The van der Waals surface area contributed by atoms with Crippen LogP contribution in [0.2, 0.25) is 0 Å². The van der Waals surface area contributed by atoms with Gasteiger partial charge in [-0.25, -0.2) is 4.98 Å². The second-order valence-electron chi connectivity index (χ2n) is 6.20. The zero-order valence-corrected chi connectivity index (χ0v) is 14.9. The summed E-state index contributed by atoms with van der Waals surface area (Å²) in [5.74, 6) is 2.97. The first-order valence-electron chi connectivity index (χ1n) is 8.49. The molecule has 1 aromatic carbocycles.